The zero-order valence-electron chi connectivity index (χ0n) is 16.5. The highest BCUT2D eigenvalue weighted by atomic mass is 32.1. The topological polar surface area (TPSA) is 67.9 Å². The predicted octanol–water partition coefficient (Wildman–Crippen LogP) is 4.04. The lowest BCUT2D eigenvalue weighted by molar-refractivity contribution is -0.204. The van der Waals surface area contributed by atoms with Crippen LogP contribution >= 0.6 is 11.3 Å². The van der Waals surface area contributed by atoms with E-state index < -0.39 is 5.41 Å². The summed E-state index contributed by atoms with van der Waals surface area (Å²) in [6, 6.07) is 2.19. The lowest BCUT2D eigenvalue weighted by atomic mass is 9.95. The van der Waals surface area contributed by atoms with Gasteiger partial charge in [-0.05, 0) is 59.4 Å². The third kappa shape index (κ3) is 5.20. The number of hydrogen-bond donors (Lipinski definition) is 1. The van der Waals surface area contributed by atoms with Crippen molar-refractivity contribution in [1.29, 1.82) is 0 Å². The minimum atomic E-state index is -0.503. The first kappa shape index (κ1) is 20.7. The normalized spacial score (nSPS) is 16.6. The molecule has 0 aliphatic carbocycles. The summed E-state index contributed by atoms with van der Waals surface area (Å²) in [4.78, 5) is 30.7. The number of hydroxylamine groups is 2. The molecule has 1 fully saturated rings. The monoisotopic (exact) mass is 382 g/mol. The molecule has 1 aromatic heterocycles. The maximum Gasteiger partial charge on any atom is 0.340 e. The average Bonchev–Trinajstić information content (AvgIpc) is 2.97. The molecule has 1 aliphatic heterocycles. The minimum absolute atomic E-state index is 0.205. The molecular formula is C19H30N2O4S. The number of rotatable bonds is 5. The molecule has 1 aromatic rings. The van der Waals surface area contributed by atoms with Crippen molar-refractivity contribution in [3.05, 3.63) is 16.5 Å². The number of nitrogens with one attached hydrogen (secondary N) is 1. The van der Waals surface area contributed by atoms with Crippen molar-refractivity contribution in [3.8, 4) is 0 Å². The molecule has 1 saturated heterocycles. The van der Waals surface area contributed by atoms with Crippen LogP contribution in [0.5, 0.6) is 0 Å². The van der Waals surface area contributed by atoms with E-state index in [1.165, 1.54) is 12.0 Å². The van der Waals surface area contributed by atoms with E-state index in [9.17, 15) is 9.59 Å². The van der Waals surface area contributed by atoms with Crippen LogP contribution in [0.3, 0.4) is 0 Å². The van der Waals surface area contributed by atoms with Gasteiger partial charge in [-0.15, -0.1) is 16.4 Å². The summed E-state index contributed by atoms with van der Waals surface area (Å²) >= 11 is 1.62. The highest BCUT2D eigenvalue weighted by Gasteiger charge is 2.30. The third-order valence-electron chi connectivity index (χ3n) is 4.26. The lowest BCUT2D eigenvalue weighted by Gasteiger charge is -2.31. The summed E-state index contributed by atoms with van der Waals surface area (Å²) in [5.41, 5.74) is 0.0973. The number of methoxy groups -OCH3 is 1. The SMILES string of the molecule is COC(=O)c1cc(C2CCN(OC(=O)C(C)(C)C)CC2)sc1NC(C)C. The Morgan fingerprint density at radius 1 is 1.27 bits per heavy atom. The Kier molecular flexibility index (Phi) is 6.69. The van der Waals surface area contributed by atoms with Crippen LogP contribution in [-0.4, -0.2) is 43.2 Å². The summed E-state index contributed by atoms with van der Waals surface area (Å²) in [5, 5.41) is 5.96. The van der Waals surface area contributed by atoms with Gasteiger partial charge in [-0.1, -0.05) is 0 Å². The Labute approximate surface area is 159 Å². The van der Waals surface area contributed by atoms with Crippen molar-refractivity contribution in [2.24, 2.45) is 5.41 Å². The second-order valence-electron chi connectivity index (χ2n) is 8.01. The molecule has 2 rings (SSSR count). The van der Waals surface area contributed by atoms with Crippen molar-refractivity contribution in [1.82, 2.24) is 5.06 Å². The summed E-state index contributed by atoms with van der Waals surface area (Å²) in [6.07, 6.45) is 1.78. The molecule has 1 aliphatic rings. The molecule has 0 saturated carbocycles. The Hall–Kier alpha value is -1.60. The van der Waals surface area contributed by atoms with Crippen molar-refractivity contribution in [2.75, 3.05) is 25.5 Å². The second-order valence-corrected chi connectivity index (χ2v) is 9.10. The van der Waals surface area contributed by atoms with Crippen LogP contribution in [0.2, 0.25) is 0 Å². The second kappa shape index (κ2) is 8.39. The number of nitrogens with zero attached hydrogens (tertiary/aromatic N) is 1. The van der Waals surface area contributed by atoms with Gasteiger partial charge in [0, 0.05) is 24.0 Å². The molecule has 0 radical (unpaired) electrons. The summed E-state index contributed by atoms with van der Waals surface area (Å²) in [5.74, 6) is -0.161. The van der Waals surface area contributed by atoms with Crippen molar-refractivity contribution in [2.45, 2.75) is 59.4 Å². The Morgan fingerprint density at radius 2 is 1.88 bits per heavy atom. The fourth-order valence-electron chi connectivity index (χ4n) is 2.73. The maximum absolute atomic E-state index is 12.1. The van der Waals surface area contributed by atoms with Gasteiger partial charge in [-0.2, -0.15) is 0 Å². The molecule has 0 aromatic carbocycles. The van der Waals surface area contributed by atoms with E-state index in [0.29, 0.717) is 24.6 Å². The van der Waals surface area contributed by atoms with Crippen LogP contribution in [0, 0.1) is 5.41 Å². The predicted molar refractivity (Wildman–Crippen MR) is 104 cm³/mol. The van der Waals surface area contributed by atoms with Gasteiger partial charge < -0.3 is 14.9 Å². The van der Waals surface area contributed by atoms with E-state index in [2.05, 4.69) is 5.32 Å². The Bertz CT molecular complexity index is 640. The number of piperidine rings is 1. The molecule has 2 heterocycles. The van der Waals surface area contributed by atoms with Crippen molar-refractivity contribution in [3.63, 3.8) is 0 Å². The van der Waals surface area contributed by atoms with Gasteiger partial charge in [0.05, 0.1) is 18.1 Å². The lowest BCUT2D eigenvalue weighted by Crippen LogP contribution is -2.38. The molecule has 1 N–H and O–H groups in total. The average molecular weight is 383 g/mol. The van der Waals surface area contributed by atoms with Gasteiger partial charge in [0.1, 0.15) is 5.00 Å². The van der Waals surface area contributed by atoms with Gasteiger partial charge >= 0.3 is 11.9 Å². The summed E-state index contributed by atoms with van der Waals surface area (Å²) < 4.78 is 4.91. The highest BCUT2D eigenvalue weighted by Crippen LogP contribution is 2.38. The smallest absolute Gasteiger partial charge is 0.340 e. The zero-order chi connectivity index (χ0) is 19.5. The van der Waals surface area contributed by atoms with Gasteiger partial charge in [-0.25, -0.2) is 9.59 Å². The number of hydrogen-bond acceptors (Lipinski definition) is 7. The molecule has 0 spiro atoms. The van der Waals surface area contributed by atoms with E-state index >= 15 is 0 Å². The molecule has 6 nitrogen and oxygen atoms in total. The van der Waals surface area contributed by atoms with Gasteiger partial charge in [0.25, 0.3) is 0 Å². The van der Waals surface area contributed by atoms with Crippen LogP contribution in [0.15, 0.2) is 6.07 Å². The van der Waals surface area contributed by atoms with E-state index in [1.807, 2.05) is 40.7 Å². The van der Waals surface area contributed by atoms with E-state index in [0.717, 1.165) is 17.8 Å². The number of thiophene rings is 1. The molecular weight excluding hydrogens is 352 g/mol. The van der Waals surface area contributed by atoms with Crippen LogP contribution in [0.4, 0.5) is 5.00 Å². The quantitative estimate of drug-likeness (QED) is 0.775. The summed E-state index contributed by atoms with van der Waals surface area (Å²) in [7, 11) is 1.40. The molecule has 7 heteroatoms. The standard InChI is InChI=1S/C19H30N2O4S/c1-12(2)20-16-14(17(22)24-6)11-15(26-16)13-7-9-21(10-8-13)25-18(23)19(3,4)5/h11-13,20H,7-10H2,1-6H3. The van der Waals surface area contributed by atoms with Gasteiger partial charge in [-0.3, -0.25) is 0 Å². The van der Waals surface area contributed by atoms with E-state index in [1.54, 1.807) is 16.4 Å². The Morgan fingerprint density at radius 3 is 2.38 bits per heavy atom. The number of ether oxygens (including phenoxy) is 1. The molecule has 0 bridgehead atoms. The van der Waals surface area contributed by atoms with Crippen LogP contribution in [0.1, 0.15) is 68.6 Å². The molecule has 146 valence electrons. The summed E-state index contributed by atoms with van der Waals surface area (Å²) in [6.45, 7) is 11.0. The molecule has 0 atom stereocenters. The first-order valence-corrected chi connectivity index (χ1v) is 9.89. The number of carbonyl (C=O) groups excluding carboxylic acids is 2. The van der Waals surface area contributed by atoms with Crippen LogP contribution in [-0.2, 0) is 14.4 Å². The Balaban J connectivity index is 2.03. The number of anilines is 1. The first-order valence-electron chi connectivity index (χ1n) is 9.07. The largest absolute Gasteiger partial charge is 0.465 e. The van der Waals surface area contributed by atoms with Gasteiger partial charge in [0.2, 0.25) is 0 Å². The third-order valence-corrected chi connectivity index (χ3v) is 5.49. The van der Waals surface area contributed by atoms with Crippen LogP contribution < -0.4 is 5.32 Å². The minimum Gasteiger partial charge on any atom is -0.465 e. The zero-order valence-corrected chi connectivity index (χ0v) is 17.4. The number of esters is 1. The van der Waals surface area contributed by atoms with Crippen LogP contribution in [0.25, 0.3) is 0 Å². The highest BCUT2D eigenvalue weighted by molar-refractivity contribution is 7.16. The first-order chi connectivity index (χ1) is 12.1. The fourth-order valence-corrected chi connectivity index (χ4v) is 4.09. The van der Waals surface area contributed by atoms with Crippen molar-refractivity contribution < 1.29 is 19.2 Å². The fraction of sp³-hybridized carbons (Fsp3) is 0.684. The molecule has 0 amide bonds. The van der Waals surface area contributed by atoms with Gasteiger partial charge in [0.15, 0.2) is 0 Å². The number of carbonyl (C=O) groups is 2. The van der Waals surface area contributed by atoms with Crippen molar-refractivity contribution >= 4 is 28.3 Å². The van der Waals surface area contributed by atoms with E-state index in [-0.39, 0.29) is 18.0 Å². The molecule has 0 unspecified atom stereocenters. The molecule has 26 heavy (non-hydrogen) atoms. The van der Waals surface area contributed by atoms with E-state index in [4.69, 9.17) is 9.57 Å². The maximum atomic E-state index is 12.1.